The summed E-state index contributed by atoms with van der Waals surface area (Å²) in [5.41, 5.74) is 6.43. The topological polar surface area (TPSA) is 96.4 Å². The Hall–Kier alpha value is -2.82. The van der Waals surface area contributed by atoms with Crippen LogP contribution in [0.3, 0.4) is 0 Å². The van der Waals surface area contributed by atoms with Gasteiger partial charge in [0.15, 0.2) is 0 Å². The van der Waals surface area contributed by atoms with Gasteiger partial charge in [0.25, 0.3) is 0 Å². The Bertz CT molecular complexity index is 626. The maximum atomic E-state index is 11.3. The molecule has 0 bridgehead atoms. The van der Waals surface area contributed by atoms with Crippen molar-refractivity contribution in [1.29, 1.82) is 5.41 Å². The highest BCUT2D eigenvalue weighted by atomic mass is 16.5. The van der Waals surface area contributed by atoms with Gasteiger partial charge in [-0.05, 0) is 12.1 Å². The molecule has 0 saturated carbocycles. The summed E-state index contributed by atoms with van der Waals surface area (Å²) < 4.78 is 5.50. The first-order valence-corrected chi connectivity index (χ1v) is 5.97. The molecule has 2 rings (SSSR count). The van der Waals surface area contributed by atoms with Crippen LogP contribution in [0, 0.1) is 5.41 Å². The Labute approximate surface area is 116 Å². The first-order valence-electron chi connectivity index (χ1n) is 5.97. The zero-order valence-electron chi connectivity index (χ0n) is 10.6. The minimum atomic E-state index is -1.10. The Balaban J connectivity index is 2.27. The third kappa shape index (κ3) is 3.14. The van der Waals surface area contributed by atoms with E-state index in [-0.39, 0.29) is 5.84 Å². The van der Waals surface area contributed by atoms with Crippen molar-refractivity contribution in [2.24, 2.45) is 5.73 Å². The Morgan fingerprint density at radius 1 is 1.15 bits per heavy atom. The maximum absolute atomic E-state index is 11.3. The molecule has 2 aromatic rings. The Morgan fingerprint density at radius 3 is 2.45 bits per heavy atom. The van der Waals surface area contributed by atoms with E-state index in [0.29, 0.717) is 16.9 Å². The predicted molar refractivity (Wildman–Crippen MR) is 74.9 cm³/mol. The molecule has 0 heterocycles. The van der Waals surface area contributed by atoms with Crippen molar-refractivity contribution < 1.29 is 14.6 Å². The van der Waals surface area contributed by atoms with E-state index >= 15 is 0 Å². The molecule has 0 aromatic heterocycles. The smallest absolute Gasteiger partial charge is 0.349 e. The second-order valence-corrected chi connectivity index (χ2v) is 4.19. The van der Waals surface area contributed by atoms with E-state index in [1.54, 1.807) is 54.6 Å². The molecule has 20 heavy (non-hydrogen) atoms. The average Bonchev–Trinajstić information content (AvgIpc) is 2.45. The van der Waals surface area contributed by atoms with Gasteiger partial charge in [-0.3, -0.25) is 5.41 Å². The number of carbonyl (C=O) groups is 1. The fourth-order valence-electron chi connectivity index (χ4n) is 1.76. The second kappa shape index (κ2) is 5.88. The molecule has 0 amide bonds. The molecule has 4 N–H and O–H groups in total. The lowest BCUT2D eigenvalue weighted by Gasteiger charge is -2.16. The number of nitrogens with one attached hydrogen (secondary N) is 1. The number of carboxylic acids is 1. The lowest BCUT2D eigenvalue weighted by molar-refractivity contribution is -0.145. The number of benzene rings is 2. The van der Waals surface area contributed by atoms with Crippen LogP contribution in [0.2, 0.25) is 0 Å². The van der Waals surface area contributed by atoms with Crippen molar-refractivity contribution in [3.05, 3.63) is 65.7 Å². The highest BCUT2D eigenvalue weighted by molar-refractivity contribution is 5.95. The maximum Gasteiger partial charge on any atom is 0.349 e. The molecule has 2 aromatic carbocycles. The molecule has 0 spiro atoms. The standard InChI is InChI=1S/C15H14N2O3/c16-14(17)11-7-4-8-12(9-11)20-13(15(18)19)10-5-2-1-3-6-10/h1-9,13H,(H3,16,17)(H,18,19). The van der Waals surface area contributed by atoms with Crippen LogP contribution in [0.15, 0.2) is 54.6 Å². The van der Waals surface area contributed by atoms with Crippen molar-refractivity contribution in [2.45, 2.75) is 6.10 Å². The molecular formula is C15H14N2O3. The van der Waals surface area contributed by atoms with E-state index in [9.17, 15) is 9.90 Å². The van der Waals surface area contributed by atoms with Gasteiger partial charge in [-0.15, -0.1) is 0 Å². The summed E-state index contributed by atoms with van der Waals surface area (Å²) in [6.45, 7) is 0. The molecule has 1 atom stereocenters. The van der Waals surface area contributed by atoms with Crippen LogP contribution in [-0.4, -0.2) is 16.9 Å². The molecule has 5 heteroatoms. The minimum Gasteiger partial charge on any atom is -0.478 e. The quantitative estimate of drug-likeness (QED) is 0.573. The fraction of sp³-hybridized carbons (Fsp3) is 0.0667. The van der Waals surface area contributed by atoms with Crippen LogP contribution in [-0.2, 0) is 4.79 Å². The van der Waals surface area contributed by atoms with Crippen molar-refractivity contribution in [3.8, 4) is 5.75 Å². The van der Waals surface area contributed by atoms with Crippen LogP contribution in [0.1, 0.15) is 17.2 Å². The third-order valence-corrected chi connectivity index (χ3v) is 2.73. The molecule has 1 unspecified atom stereocenters. The summed E-state index contributed by atoms with van der Waals surface area (Å²) in [5.74, 6) is -0.819. The first kappa shape index (κ1) is 13.6. The van der Waals surface area contributed by atoms with Crippen molar-refractivity contribution in [1.82, 2.24) is 0 Å². The Kier molecular flexibility index (Phi) is 4.00. The summed E-state index contributed by atoms with van der Waals surface area (Å²) in [7, 11) is 0. The molecule has 0 fully saturated rings. The van der Waals surface area contributed by atoms with Crippen molar-refractivity contribution >= 4 is 11.8 Å². The monoisotopic (exact) mass is 270 g/mol. The number of hydrogen-bond donors (Lipinski definition) is 3. The molecule has 0 saturated heterocycles. The molecule has 0 radical (unpaired) electrons. The second-order valence-electron chi connectivity index (χ2n) is 4.19. The average molecular weight is 270 g/mol. The van der Waals surface area contributed by atoms with E-state index < -0.39 is 12.1 Å². The van der Waals surface area contributed by atoms with E-state index in [1.807, 2.05) is 0 Å². The Morgan fingerprint density at radius 2 is 1.85 bits per heavy atom. The lowest BCUT2D eigenvalue weighted by atomic mass is 10.1. The number of ether oxygens (including phenoxy) is 1. The van der Waals surface area contributed by atoms with Crippen LogP contribution in [0.5, 0.6) is 5.75 Å². The molecule has 0 aliphatic heterocycles. The number of rotatable bonds is 5. The van der Waals surface area contributed by atoms with Gasteiger partial charge in [-0.1, -0.05) is 42.5 Å². The number of amidine groups is 1. The minimum absolute atomic E-state index is 0.0953. The number of nitrogens with two attached hydrogens (primary N) is 1. The summed E-state index contributed by atoms with van der Waals surface area (Å²) in [4.78, 5) is 11.3. The van der Waals surface area contributed by atoms with E-state index in [1.165, 1.54) is 0 Å². The zero-order valence-corrected chi connectivity index (χ0v) is 10.6. The first-order chi connectivity index (χ1) is 9.58. The number of aliphatic carboxylic acids is 1. The molecule has 0 aliphatic rings. The van der Waals surface area contributed by atoms with Gasteiger partial charge in [0.2, 0.25) is 6.10 Å². The third-order valence-electron chi connectivity index (χ3n) is 2.73. The van der Waals surface area contributed by atoms with E-state index in [2.05, 4.69) is 0 Å². The SMILES string of the molecule is N=C(N)c1cccc(OC(C(=O)O)c2ccccc2)c1. The van der Waals surface area contributed by atoms with Gasteiger partial charge in [-0.25, -0.2) is 4.79 Å². The van der Waals surface area contributed by atoms with Crippen LogP contribution < -0.4 is 10.5 Å². The van der Waals surface area contributed by atoms with Crippen molar-refractivity contribution in [3.63, 3.8) is 0 Å². The van der Waals surface area contributed by atoms with Gasteiger partial charge in [0.05, 0.1) is 0 Å². The summed E-state index contributed by atoms with van der Waals surface area (Å²) in [5, 5.41) is 16.6. The molecule has 0 aliphatic carbocycles. The van der Waals surface area contributed by atoms with Crippen LogP contribution >= 0.6 is 0 Å². The van der Waals surface area contributed by atoms with Gasteiger partial charge in [-0.2, -0.15) is 0 Å². The number of carboxylic acid groups (broad SMARTS) is 1. The number of hydrogen-bond acceptors (Lipinski definition) is 3. The molecule has 102 valence electrons. The highest BCUT2D eigenvalue weighted by Gasteiger charge is 2.21. The van der Waals surface area contributed by atoms with Gasteiger partial charge in [0.1, 0.15) is 11.6 Å². The lowest BCUT2D eigenvalue weighted by Crippen LogP contribution is -2.18. The summed E-state index contributed by atoms with van der Waals surface area (Å²) >= 11 is 0. The number of nitrogen functional groups attached to an aromatic ring is 1. The predicted octanol–water partition coefficient (Wildman–Crippen LogP) is 2.18. The van der Waals surface area contributed by atoms with Crippen LogP contribution in [0.25, 0.3) is 0 Å². The highest BCUT2D eigenvalue weighted by Crippen LogP contribution is 2.23. The van der Waals surface area contributed by atoms with Gasteiger partial charge < -0.3 is 15.6 Å². The molecular weight excluding hydrogens is 256 g/mol. The largest absolute Gasteiger partial charge is 0.478 e. The fourth-order valence-corrected chi connectivity index (χ4v) is 1.76. The van der Waals surface area contributed by atoms with Crippen LogP contribution in [0.4, 0.5) is 0 Å². The zero-order chi connectivity index (χ0) is 14.5. The summed E-state index contributed by atoms with van der Waals surface area (Å²) in [6.07, 6.45) is -1.10. The normalized spacial score (nSPS) is 11.6. The van der Waals surface area contributed by atoms with E-state index in [4.69, 9.17) is 15.9 Å². The van der Waals surface area contributed by atoms with E-state index in [0.717, 1.165) is 0 Å². The molecule has 5 nitrogen and oxygen atoms in total. The summed E-state index contributed by atoms with van der Waals surface area (Å²) in [6, 6.07) is 15.2. The van der Waals surface area contributed by atoms with Crippen molar-refractivity contribution in [2.75, 3.05) is 0 Å². The van der Waals surface area contributed by atoms with Gasteiger partial charge >= 0.3 is 5.97 Å². The van der Waals surface area contributed by atoms with Gasteiger partial charge in [0, 0.05) is 11.1 Å².